The Kier molecular flexibility index (Phi) is 23.0. The molecule has 3 rings (SSSR count). The van der Waals surface area contributed by atoms with Gasteiger partial charge in [0, 0.05) is 44.3 Å². The van der Waals surface area contributed by atoms with Crippen molar-refractivity contribution in [2.24, 2.45) is 0 Å². The molecule has 0 aliphatic carbocycles. The summed E-state index contributed by atoms with van der Waals surface area (Å²) in [4.78, 5) is 0.169. The lowest BCUT2D eigenvalue weighted by Crippen LogP contribution is -2.39. The second kappa shape index (κ2) is 22.1. The molecule has 1 aliphatic heterocycles. The summed E-state index contributed by atoms with van der Waals surface area (Å²) in [6.07, 6.45) is 2.81. The minimum Gasteiger partial charge on any atom is -0.314 e. The fourth-order valence-corrected chi connectivity index (χ4v) is 6.14. The minimum absolute atomic E-state index is 0. The van der Waals surface area contributed by atoms with E-state index in [2.05, 4.69) is 34.5 Å². The molecule has 0 amide bonds. The van der Waals surface area contributed by atoms with Gasteiger partial charge in [-0.15, -0.1) is 50.9 Å². The van der Waals surface area contributed by atoms with Gasteiger partial charge in [-0.3, -0.25) is 4.18 Å². The van der Waals surface area contributed by atoms with Crippen LogP contribution in [0, 0.1) is 13.8 Å². The maximum atomic E-state index is 12.4. The third kappa shape index (κ3) is 15.5. The van der Waals surface area contributed by atoms with Crippen molar-refractivity contribution in [2.75, 3.05) is 32.8 Å². The van der Waals surface area contributed by atoms with E-state index in [1.165, 1.54) is 37.1 Å². The Hall–Kier alpha value is -0.420. The van der Waals surface area contributed by atoms with Gasteiger partial charge in [0.05, 0.1) is 16.4 Å². The molecule has 1 saturated heterocycles. The highest BCUT2D eigenvalue weighted by atomic mass is 79.9. The minimum atomic E-state index is -3.94. The highest BCUT2D eigenvalue weighted by molar-refractivity contribution is 8.93. The number of halogens is 3. The molecule has 244 valence electrons. The Labute approximate surface area is 285 Å². The van der Waals surface area contributed by atoms with Gasteiger partial charge in [0.1, 0.15) is 0 Å². The largest absolute Gasteiger partial charge is 0.314 e. The molecule has 0 aromatic heterocycles. The van der Waals surface area contributed by atoms with Crippen LogP contribution >= 0.6 is 50.9 Å². The maximum absolute atomic E-state index is 12.4. The Morgan fingerprint density at radius 1 is 0.762 bits per heavy atom. The standard InChI is InChI=1S/C18H23NO5S2.C10H23N3.3BrH/c1-4-16(19-25(20,21)17-9-5-14(2)6-10-17)13-24-26(22,23)18-11-7-15(3)8-12-18;1-3-9-7-11-8-10(4-2)13-6-5-12-9;;;/h5-12,16,19H,4,13H2,1-3H3;9-13H,3-8H2,1-2H3;3*1H. The topological polar surface area (TPSA) is 126 Å². The predicted molar refractivity (Wildman–Crippen MR) is 188 cm³/mol. The first kappa shape index (κ1) is 43.7. The van der Waals surface area contributed by atoms with Crippen LogP contribution in [0.4, 0.5) is 0 Å². The van der Waals surface area contributed by atoms with Crippen molar-refractivity contribution in [3.05, 3.63) is 59.7 Å². The molecule has 9 nitrogen and oxygen atoms in total. The van der Waals surface area contributed by atoms with Crippen LogP contribution in [0.1, 0.15) is 51.2 Å². The van der Waals surface area contributed by atoms with E-state index in [-0.39, 0.29) is 67.3 Å². The van der Waals surface area contributed by atoms with Crippen molar-refractivity contribution < 1.29 is 21.0 Å². The van der Waals surface area contributed by atoms with Crippen molar-refractivity contribution in [2.45, 2.75) is 81.8 Å². The normalized spacial score (nSPS) is 18.2. The SMILES string of the molecule is Br.Br.Br.CCC(COS(=O)(=O)c1ccc(C)cc1)NS(=O)(=O)c1ccc(C)cc1.CCC1CNCC(CC)NCCN1. The number of sulfonamides is 1. The average molecular weight is 826 g/mol. The van der Waals surface area contributed by atoms with Gasteiger partial charge >= 0.3 is 0 Å². The molecule has 3 atom stereocenters. The number of benzene rings is 2. The van der Waals surface area contributed by atoms with Gasteiger partial charge in [0.15, 0.2) is 0 Å². The van der Waals surface area contributed by atoms with E-state index >= 15 is 0 Å². The van der Waals surface area contributed by atoms with Crippen LogP contribution in [0.5, 0.6) is 0 Å². The molecule has 42 heavy (non-hydrogen) atoms. The lowest BCUT2D eigenvalue weighted by molar-refractivity contribution is 0.279. The Balaban J connectivity index is 0. The first-order valence-electron chi connectivity index (χ1n) is 13.7. The van der Waals surface area contributed by atoms with Crippen molar-refractivity contribution >= 4 is 71.1 Å². The highest BCUT2D eigenvalue weighted by Gasteiger charge is 2.22. The first-order chi connectivity index (χ1) is 18.5. The number of rotatable bonds is 10. The number of hydrogen-bond donors (Lipinski definition) is 4. The van der Waals surface area contributed by atoms with Crippen LogP contribution in [0.3, 0.4) is 0 Å². The van der Waals surface area contributed by atoms with E-state index in [1.807, 2.05) is 13.8 Å². The van der Waals surface area contributed by atoms with Gasteiger partial charge in [0.25, 0.3) is 10.1 Å². The summed E-state index contributed by atoms with van der Waals surface area (Å²) in [7, 11) is -7.69. The van der Waals surface area contributed by atoms with E-state index in [9.17, 15) is 16.8 Å². The molecule has 1 heterocycles. The molecule has 3 unspecified atom stereocenters. The van der Waals surface area contributed by atoms with Crippen LogP contribution in [0.2, 0.25) is 0 Å². The van der Waals surface area contributed by atoms with E-state index in [0.29, 0.717) is 18.5 Å². The summed E-state index contributed by atoms with van der Waals surface area (Å²) in [6.45, 7) is 14.1. The van der Waals surface area contributed by atoms with Crippen LogP contribution in [-0.4, -0.2) is 67.7 Å². The summed E-state index contributed by atoms with van der Waals surface area (Å²) < 4.78 is 56.9. The summed E-state index contributed by atoms with van der Waals surface area (Å²) in [5.74, 6) is 0. The van der Waals surface area contributed by atoms with Gasteiger partial charge in [-0.05, 0) is 57.4 Å². The molecule has 1 aliphatic rings. The first-order valence-corrected chi connectivity index (χ1v) is 16.6. The molecular weight excluding hydrogens is 776 g/mol. The maximum Gasteiger partial charge on any atom is 0.297 e. The number of aryl methyl sites for hydroxylation is 2. The van der Waals surface area contributed by atoms with Crippen molar-refractivity contribution in [3.63, 3.8) is 0 Å². The Bertz CT molecular complexity index is 1190. The summed E-state index contributed by atoms with van der Waals surface area (Å²) in [6, 6.07) is 13.3. The Morgan fingerprint density at radius 2 is 1.19 bits per heavy atom. The van der Waals surface area contributed by atoms with Crippen LogP contribution in [0.25, 0.3) is 0 Å². The molecule has 2 aromatic carbocycles. The van der Waals surface area contributed by atoms with Gasteiger partial charge in [-0.2, -0.15) is 8.42 Å². The zero-order valence-corrected chi connectivity index (χ0v) is 31.9. The molecule has 0 bridgehead atoms. The molecule has 2 aromatic rings. The predicted octanol–water partition coefficient (Wildman–Crippen LogP) is 4.83. The van der Waals surface area contributed by atoms with Crippen molar-refractivity contribution in [3.8, 4) is 0 Å². The Morgan fingerprint density at radius 3 is 1.60 bits per heavy atom. The van der Waals surface area contributed by atoms with E-state index in [1.54, 1.807) is 31.2 Å². The molecule has 1 fully saturated rings. The van der Waals surface area contributed by atoms with Crippen LogP contribution in [-0.2, 0) is 24.3 Å². The third-order valence-corrected chi connectivity index (χ3v) is 9.47. The summed E-state index contributed by atoms with van der Waals surface area (Å²) >= 11 is 0. The van der Waals surface area contributed by atoms with E-state index in [4.69, 9.17) is 4.18 Å². The molecule has 4 N–H and O–H groups in total. The monoisotopic (exact) mass is 822 g/mol. The zero-order chi connectivity index (χ0) is 28.9. The quantitative estimate of drug-likeness (QED) is 0.252. The number of nitrogens with one attached hydrogen (secondary N) is 4. The molecule has 0 saturated carbocycles. The van der Waals surface area contributed by atoms with E-state index in [0.717, 1.165) is 37.3 Å². The fourth-order valence-electron chi connectivity index (χ4n) is 3.89. The van der Waals surface area contributed by atoms with Crippen LogP contribution < -0.4 is 20.7 Å². The number of hydrogen-bond acceptors (Lipinski definition) is 8. The lowest BCUT2D eigenvalue weighted by Gasteiger charge is -2.17. The van der Waals surface area contributed by atoms with E-state index < -0.39 is 26.2 Å². The van der Waals surface area contributed by atoms with Crippen molar-refractivity contribution in [1.82, 2.24) is 20.7 Å². The second-order valence-electron chi connectivity index (χ2n) is 9.87. The molecule has 0 radical (unpaired) electrons. The third-order valence-electron chi connectivity index (χ3n) is 6.64. The van der Waals surface area contributed by atoms with Gasteiger partial charge in [-0.1, -0.05) is 56.2 Å². The average Bonchev–Trinajstić information content (AvgIpc) is 3.03. The summed E-state index contributed by atoms with van der Waals surface area (Å²) in [5.41, 5.74) is 1.88. The highest BCUT2D eigenvalue weighted by Crippen LogP contribution is 2.15. The fraction of sp³-hybridized carbons (Fsp3) is 0.571. The van der Waals surface area contributed by atoms with Gasteiger partial charge in [0.2, 0.25) is 10.0 Å². The molecular formula is C28H49Br3N4O5S2. The van der Waals surface area contributed by atoms with Crippen molar-refractivity contribution in [1.29, 1.82) is 0 Å². The second-order valence-corrected chi connectivity index (χ2v) is 13.2. The lowest BCUT2D eigenvalue weighted by atomic mass is 10.2. The smallest absolute Gasteiger partial charge is 0.297 e. The summed E-state index contributed by atoms with van der Waals surface area (Å²) in [5, 5.41) is 10.6. The van der Waals surface area contributed by atoms with Crippen LogP contribution in [0.15, 0.2) is 58.3 Å². The molecule has 0 spiro atoms. The zero-order valence-electron chi connectivity index (χ0n) is 25.1. The van der Waals surface area contributed by atoms with Gasteiger partial charge < -0.3 is 16.0 Å². The molecule has 14 heteroatoms. The van der Waals surface area contributed by atoms with Gasteiger partial charge in [-0.25, -0.2) is 13.1 Å².